The van der Waals surface area contributed by atoms with Gasteiger partial charge in [-0.25, -0.2) is 0 Å². The molecular weight excluding hydrogens is 616 g/mol. The number of oxime groups is 2. The first kappa shape index (κ1) is 33.1. The number of nitro groups is 1. The van der Waals surface area contributed by atoms with Crippen LogP contribution in [0.3, 0.4) is 0 Å². The maximum atomic E-state index is 13.6. The number of benzene rings is 4. The number of carbonyl (C=O) groups excluding carboxylic acids is 2. The number of hydrogen-bond acceptors (Lipinski definition) is 11. The van der Waals surface area contributed by atoms with E-state index in [-0.39, 0.29) is 44.6 Å². The van der Waals surface area contributed by atoms with Gasteiger partial charge in [0.05, 0.1) is 21.3 Å². The summed E-state index contributed by atoms with van der Waals surface area (Å²) in [4.78, 5) is 38.9. The number of anilines is 3. The molecule has 2 atom stereocenters. The minimum atomic E-state index is -1.61. The van der Waals surface area contributed by atoms with Crippen molar-refractivity contribution >= 4 is 57.6 Å². The van der Waals surface area contributed by atoms with Gasteiger partial charge in [0, 0.05) is 47.1 Å². The van der Waals surface area contributed by atoms with Crippen molar-refractivity contribution in [2.24, 2.45) is 21.8 Å². The predicted molar refractivity (Wildman–Crippen MR) is 175 cm³/mol. The highest BCUT2D eigenvalue weighted by atomic mass is 35.5. The molecule has 0 aliphatic carbocycles. The lowest BCUT2D eigenvalue weighted by atomic mass is 9.98. The summed E-state index contributed by atoms with van der Waals surface area (Å²) in [6.07, 6.45) is 0. The van der Waals surface area contributed by atoms with E-state index in [0.717, 1.165) is 17.0 Å². The van der Waals surface area contributed by atoms with Crippen LogP contribution in [-0.2, 0) is 9.59 Å². The summed E-state index contributed by atoms with van der Waals surface area (Å²) in [6.45, 7) is 0. The molecule has 0 aliphatic heterocycles. The van der Waals surface area contributed by atoms with Gasteiger partial charge in [0.1, 0.15) is 23.5 Å². The van der Waals surface area contributed by atoms with Crippen LogP contribution in [0, 0.1) is 10.1 Å². The summed E-state index contributed by atoms with van der Waals surface area (Å²) >= 11 is 6.33. The van der Waals surface area contributed by atoms with Crippen molar-refractivity contribution in [1.29, 1.82) is 0 Å². The van der Waals surface area contributed by atoms with Crippen LogP contribution in [0.15, 0.2) is 101 Å². The Bertz CT molecular complexity index is 1850. The van der Waals surface area contributed by atoms with Gasteiger partial charge in [-0.2, -0.15) is 0 Å². The second-order valence-corrected chi connectivity index (χ2v) is 10.4. The lowest BCUT2D eigenvalue weighted by molar-refractivity contribution is -0.384. The van der Waals surface area contributed by atoms with E-state index < -0.39 is 28.8 Å². The number of nitrogens with zero attached hydrogens (tertiary/aromatic N) is 4. The number of non-ortho nitro benzene ring substituents is 1. The largest absolute Gasteiger partial charge is 0.410 e. The second-order valence-electron chi connectivity index (χ2n) is 9.94. The molecule has 0 aliphatic rings. The number of rotatable bonds is 10. The smallest absolute Gasteiger partial charge is 0.270 e. The van der Waals surface area contributed by atoms with E-state index >= 15 is 0 Å². The van der Waals surface area contributed by atoms with Gasteiger partial charge in [-0.15, -0.1) is 0 Å². The van der Waals surface area contributed by atoms with Crippen molar-refractivity contribution in [3.63, 3.8) is 0 Å². The third kappa shape index (κ3) is 6.94. The van der Waals surface area contributed by atoms with Gasteiger partial charge < -0.3 is 37.8 Å². The van der Waals surface area contributed by atoms with E-state index in [0.29, 0.717) is 16.8 Å². The molecule has 14 nitrogen and oxygen atoms in total. The number of likely N-dealkylation sites (N-methyl/N-ethyl adjacent to an activating group) is 1. The quantitative estimate of drug-likeness (QED) is 0.0486. The molecule has 0 saturated carbocycles. The topological polar surface area (TPSA) is 236 Å². The molecule has 2 amide bonds. The Balaban J connectivity index is 1.62. The van der Waals surface area contributed by atoms with Crippen LogP contribution >= 0.6 is 11.6 Å². The molecule has 0 bridgehead atoms. The Kier molecular flexibility index (Phi) is 10.3. The van der Waals surface area contributed by atoms with Crippen molar-refractivity contribution in [3.8, 4) is 0 Å². The summed E-state index contributed by atoms with van der Waals surface area (Å²) in [6, 6.07) is 19.7. The van der Waals surface area contributed by atoms with E-state index in [1.54, 1.807) is 54.6 Å². The highest BCUT2D eigenvalue weighted by Gasteiger charge is 2.32. The summed E-state index contributed by atoms with van der Waals surface area (Å²) in [7, 11) is 1.39. The molecule has 2 unspecified atom stereocenters. The fraction of sp³-hybridized carbons (Fsp3) is 0.0968. The van der Waals surface area contributed by atoms with Gasteiger partial charge in [0.2, 0.25) is 11.8 Å². The van der Waals surface area contributed by atoms with Crippen LogP contribution in [0.4, 0.5) is 22.7 Å². The number of nitrogen functional groups attached to an aromatic ring is 1. The van der Waals surface area contributed by atoms with Crippen LogP contribution in [0.5, 0.6) is 0 Å². The van der Waals surface area contributed by atoms with Gasteiger partial charge in [0.25, 0.3) is 5.69 Å². The van der Waals surface area contributed by atoms with Crippen molar-refractivity contribution in [2.75, 3.05) is 23.0 Å². The first-order chi connectivity index (χ1) is 22.0. The zero-order valence-corrected chi connectivity index (χ0v) is 25.0. The van der Waals surface area contributed by atoms with Gasteiger partial charge in [-0.05, 0) is 30.3 Å². The zero-order valence-electron chi connectivity index (χ0n) is 24.2. The molecule has 0 aromatic heterocycles. The van der Waals surface area contributed by atoms with Crippen LogP contribution in [0.2, 0.25) is 5.02 Å². The van der Waals surface area contributed by atoms with Crippen LogP contribution < -0.4 is 27.4 Å². The normalized spacial score (nSPS) is 13.0. The third-order valence-electron chi connectivity index (χ3n) is 7.05. The standard InChI is InChI=1S/C31H29ClN8O6/c1-39(25-14-11-18(33)15-22(25)29(38-44)20-9-5-6-10-23(20)32)31(42)27(35)26(34)30(41)36-24-13-12-19(40(45)46)16-21(24)28(37-43)17-7-3-2-4-8-17/h2-16,26-27,43-44H,33-35H2,1H3,(H,36,41). The first-order valence-corrected chi connectivity index (χ1v) is 13.9. The maximum Gasteiger partial charge on any atom is 0.270 e. The molecule has 15 heteroatoms. The minimum Gasteiger partial charge on any atom is -0.410 e. The molecule has 0 radical (unpaired) electrons. The van der Waals surface area contributed by atoms with E-state index in [9.17, 15) is 30.1 Å². The Hall–Kier alpha value is -5.83. The molecule has 4 rings (SSSR count). The van der Waals surface area contributed by atoms with E-state index in [1.165, 1.54) is 31.3 Å². The van der Waals surface area contributed by atoms with Gasteiger partial charge >= 0.3 is 0 Å². The second kappa shape index (κ2) is 14.3. The Morgan fingerprint density at radius 2 is 1.52 bits per heavy atom. The zero-order chi connectivity index (χ0) is 33.5. The summed E-state index contributed by atoms with van der Waals surface area (Å²) in [5, 5.41) is 40.8. The molecule has 0 saturated heterocycles. The lowest BCUT2D eigenvalue weighted by Crippen LogP contribution is -2.57. The first-order valence-electron chi connectivity index (χ1n) is 13.5. The van der Waals surface area contributed by atoms with E-state index in [1.807, 2.05) is 0 Å². The van der Waals surface area contributed by atoms with Crippen molar-refractivity contribution < 1.29 is 24.9 Å². The number of carbonyl (C=O) groups is 2. The number of halogens is 1. The SMILES string of the molecule is CN(C(=O)C(N)C(N)C(=O)Nc1ccc([N+](=O)[O-])cc1C(=NO)c1ccccc1)c1ccc(N)cc1C(=NO)c1ccccc1Cl. The lowest BCUT2D eigenvalue weighted by Gasteiger charge is -2.27. The third-order valence-corrected chi connectivity index (χ3v) is 7.38. The summed E-state index contributed by atoms with van der Waals surface area (Å²) in [5.41, 5.74) is 19.5. The highest BCUT2D eigenvalue weighted by Crippen LogP contribution is 2.29. The number of amides is 2. The van der Waals surface area contributed by atoms with Gasteiger partial charge in [-0.3, -0.25) is 19.7 Å². The highest BCUT2D eigenvalue weighted by molar-refractivity contribution is 6.36. The monoisotopic (exact) mass is 644 g/mol. The minimum absolute atomic E-state index is 0.0140. The van der Waals surface area contributed by atoms with Crippen molar-refractivity contribution in [1.82, 2.24) is 0 Å². The van der Waals surface area contributed by atoms with Crippen LogP contribution in [0.25, 0.3) is 0 Å². The van der Waals surface area contributed by atoms with Gasteiger partial charge in [0.15, 0.2) is 0 Å². The number of hydrogen-bond donors (Lipinski definition) is 6. The van der Waals surface area contributed by atoms with Crippen LogP contribution in [0.1, 0.15) is 22.3 Å². The van der Waals surface area contributed by atoms with Crippen molar-refractivity contribution in [3.05, 3.63) is 128 Å². The molecular formula is C31H29ClN8O6. The maximum absolute atomic E-state index is 13.6. The molecule has 236 valence electrons. The van der Waals surface area contributed by atoms with Crippen molar-refractivity contribution in [2.45, 2.75) is 12.1 Å². The molecule has 46 heavy (non-hydrogen) atoms. The Labute approximate surface area is 267 Å². The fourth-order valence-corrected chi connectivity index (χ4v) is 4.86. The molecule has 0 fully saturated rings. The molecule has 9 N–H and O–H groups in total. The average molecular weight is 645 g/mol. The number of nitrogens with two attached hydrogens (primary N) is 3. The van der Waals surface area contributed by atoms with Crippen LogP contribution in [-0.4, -0.2) is 57.7 Å². The summed E-state index contributed by atoms with van der Waals surface area (Å²) < 4.78 is 0. The Morgan fingerprint density at radius 1 is 0.870 bits per heavy atom. The van der Waals surface area contributed by atoms with Gasteiger partial charge in [-0.1, -0.05) is 70.4 Å². The Morgan fingerprint density at radius 3 is 2.15 bits per heavy atom. The average Bonchev–Trinajstić information content (AvgIpc) is 3.06. The predicted octanol–water partition coefficient (Wildman–Crippen LogP) is 3.54. The number of nitrogens with one attached hydrogen (secondary N) is 1. The molecule has 0 spiro atoms. The summed E-state index contributed by atoms with van der Waals surface area (Å²) in [5.74, 6) is -1.68. The van der Waals surface area contributed by atoms with E-state index in [2.05, 4.69) is 15.6 Å². The molecule has 4 aromatic carbocycles. The molecule has 0 heterocycles. The fourth-order valence-electron chi connectivity index (χ4n) is 4.63. The van der Waals surface area contributed by atoms with E-state index in [4.69, 9.17) is 28.8 Å². The molecule has 4 aromatic rings. The number of nitro benzene ring substituents is 1.